The molecule has 0 saturated carbocycles. The van der Waals surface area contributed by atoms with Crippen molar-refractivity contribution in [2.75, 3.05) is 0 Å². The lowest BCUT2D eigenvalue weighted by molar-refractivity contribution is 0.0562. The quantitative estimate of drug-likeness (QED) is 0.0520. The molecule has 6 N–H and O–H groups in total. The normalized spacial score (nSPS) is 11.6. The van der Waals surface area contributed by atoms with Gasteiger partial charge in [0.25, 0.3) is 17.7 Å². The monoisotopic (exact) mass is 1300 g/mol. The number of amides is 3. The van der Waals surface area contributed by atoms with Crippen LogP contribution in [0.5, 0.6) is 0 Å². The molecule has 0 fully saturated rings. The first-order chi connectivity index (χ1) is 44.7. The van der Waals surface area contributed by atoms with Crippen LogP contribution in [-0.2, 0) is 0 Å². The minimum atomic E-state index is -2.76. The molecule has 0 unspecified atom stereocenters. The second kappa shape index (κ2) is 26.4. The lowest BCUT2D eigenvalue weighted by Crippen LogP contribution is -2.42. The Balaban J connectivity index is 0.000000154. The number of carbonyl (C=O) groups excluding carboxylic acids is 3. The summed E-state index contributed by atoms with van der Waals surface area (Å²) in [6, 6.07) is 29.9. The third-order valence-electron chi connectivity index (χ3n) is 13.8. The Morgan fingerprint density at radius 2 is 0.809 bits per heavy atom. The second-order valence-electron chi connectivity index (χ2n) is 22.4. The Hall–Kier alpha value is -12.1. The van der Waals surface area contributed by atoms with E-state index >= 15 is 0 Å². The van der Waals surface area contributed by atoms with Crippen molar-refractivity contribution in [1.29, 1.82) is 15.8 Å². The number of hydrogen-bond donors (Lipinski definition) is 6. The van der Waals surface area contributed by atoms with Crippen LogP contribution in [0.4, 0.5) is 26.3 Å². The summed E-state index contributed by atoms with van der Waals surface area (Å²) in [6.45, 7) is 1.39. The summed E-state index contributed by atoms with van der Waals surface area (Å²) in [6.07, 6.45) is 12.5. The molecule has 0 aromatic carbocycles. The van der Waals surface area contributed by atoms with Gasteiger partial charge >= 0.3 is 19.6 Å². The molecular weight excluding hydrogens is 1250 g/mol. The van der Waals surface area contributed by atoms with Crippen LogP contribution in [0.3, 0.4) is 0 Å². The van der Waals surface area contributed by atoms with E-state index < -0.39 is 54.0 Å². The molecule has 12 aromatic rings. The molecule has 12 heterocycles. The van der Waals surface area contributed by atoms with Gasteiger partial charge in [-0.15, -0.1) is 0 Å². The van der Waals surface area contributed by atoms with Gasteiger partial charge in [-0.05, 0) is 108 Å². The summed E-state index contributed by atoms with van der Waals surface area (Å²) >= 11 is 6.50. The zero-order valence-electron chi connectivity index (χ0n) is 50.1. The summed E-state index contributed by atoms with van der Waals surface area (Å²) in [7, 11) is 0. The number of H-pyrrole nitrogens is 3. The second-order valence-corrected chi connectivity index (χ2v) is 22.8. The Morgan fingerprint density at radius 3 is 1.16 bits per heavy atom. The highest BCUT2D eigenvalue weighted by Gasteiger charge is 2.25. The SMILES string of the molecule is CC(C)(C#N)NC(=O)c1cccc(-c2cnc3[nH]c(-c4cnn(C(F)F)c4)c(Cl)c3c2)n1.CC(C)(C#N)NC(=O)c1cccc(-c2cnc3[nH]c(-c4cnn(C(F)F)c4)cc3c2)n1.CC(C)(C#N)NC(=O)c1cccc(-c2cnc3[nH]c(-c4cnn(C(F)F)c4)cc3c2)n1. The largest absolute Gasteiger partial charge is 0.339 e. The molecule has 24 nitrogen and oxygen atoms in total. The highest BCUT2D eigenvalue weighted by atomic mass is 35.5. The predicted octanol–water partition coefficient (Wildman–Crippen LogP) is 12.4. The van der Waals surface area contributed by atoms with Gasteiger partial charge in [-0.1, -0.05) is 29.8 Å². The zero-order chi connectivity index (χ0) is 67.4. The molecule has 0 aliphatic carbocycles. The molecule has 12 rings (SSSR count). The van der Waals surface area contributed by atoms with Crippen molar-refractivity contribution in [3.63, 3.8) is 0 Å². The molecule has 31 heteroatoms. The van der Waals surface area contributed by atoms with Crippen LogP contribution < -0.4 is 16.0 Å². The Morgan fingerprint density at radius 1 is 0.468 bits per heavy atom. The van der Waals surface area contributed by atoms with Crippen molar-refractivity contribution in [2.24, 2.45) is 0 Å². The van der Waals surface area contributed by atoms with E-state index in [0.29, 0.717) is 109 Å². The lowest BCUT2D eigenvalue weighted by Gasteiger charge is -2.17. The van der Waals surface area contributed by atoms with Gasteiger partial charge in [0.15, 0.2) is 0 Å². The van der Waals surface area contributed by atoms with Crippen LogP contribution in [0, 0.1) is 34.0 Å². The van der Waals surface area contributed by atoms with Crippen LogP contribution in [0.1, 0.15) is 92.7 Å². The molecule has 0 radical (unpaired) electrons. The number of nitriles is 3. The molecule has 12 aromatic heterocycles. The molecule has 474 valence electrons. The number of nitrogens with one attached hydrogen (secondary N) is 6. The van der Waals surface area contributed by atoms with Gasteiger partial charge in [-0.25, -0.2) is 43.9 Å². The van der Waals surface area contributed by atoms with Gasteiger partial charge in [0, 0.05) is 86.7 Å². The highest BCUT2D eigenvalue weighted by molar-refractivity contribution is 6.38. The molecule has 0 aliphatic heterocycles. The van der Waals surface area contributed by atoms with Gasteiger partial charge in [0.05, 0.1) is 76.0 Å². The number of hydrogen-bond acceptors (Lipinski definition) is 15. The summed E-state index contributed by atoms with van der Waals surface area (Å²) in [5.41, 5.74) is 5.57. The minimum absolute atomic E-state index is 0.145. The number of aromatic amines is 3. The fourth-order valence-electron chi connectivity index (χ4n) is 9.04. The van der Waals surface area contributed by atoms with Crippen LogP contribution in [-0.4, -0.2) is 109 Å². The van der Waals surface area contributed by atoms with E-state index in [1.54, 1.807) is 133 Å². The molecule has 94 heavy (non-hydrogen) atoms. The number of aromatic nitrogens is 15. The average Bonchev–Trinajstić information content (AvgIpc) is 1.61. The number of rotatable bonds is 15. The molecule has 0 aliphatic rings. The molecule has 0 bridgehead atoms. The maximum Gasteiger partial charge on any atom is 0.333 e. The summed E-state index contributed by atoms with van der Waals surface area (Å²) < 4.78 is 78.4. The molecule has 0 saturated heterocycles. The van der Waals surface area contributed by atoms with E-state index in [9.17, 15) is 40.7 Å². The van der Waals surface area contributed by atoms with Crippen molar-refractivity contribution in [3.05, 3.63) is 163 Å². The van der Waals surface area contributed by atoms with Crippen molar-refractivity contribution >= 4 is 62.4 Å². The third-order valence-corrected chi connectivity index (χ3v) is 14.2. The van der Waals surface area contributed by atoms with Gasteiger partial charge < -0.3 is 30.9 Å². The highest BCUT2D eigenvalue weighted by Crippen LogP contribution is 2.36. The first kappa shape index (κ1) is 64.9. The Kier molecular flexibility index (Phi) is 18.2. The van der Waals surface area contributed by atoms with Gasteiger partial charge in [0.2, 0.25) is 0 Å². The molecular formula is C63H50ClF6N21O3. The molecule has 0 spiro atoms. The Labute approximate surface area is 533 Å². The zero-order valence-corrected chi connectivity index (χ0v) is 50.8. The number of halogens is 7. The van der Waals surface area contributed by atoms with E-state index in [1.165, 1.54) is 37.2 Å². The topological polar surface area (TPSA) is 337 Å². The molecule has 3 amide bonds. The first-order valence-electron chi connectivity index (χ1n) is 28.0. The van der Waals surface area contributed by atoms with Crippen molar-refractivity contribution < 1.29 is 40.7 Å². The van der Waals surface area contributed by atoms with Crippen molar-refractivity contribution in [1.82, 2.24) is 90.1 Å². The van der Waals surface area contributed by atoms with E-state index in [-0.39, 0.29) is 17.1 Å². The van der Waals surface area contributed by atoms with E-state index in [4.69, 9.17) is 27.4 Å². The maximum atomic E-state index is 12.8. The van der Waals surface area contributed by atoms with Gasteiger partial charge in [-0.2, -0.15) is 57.4 Å². The van der Waals surface area contributed by atoms with Crippen LogP contribution >= 0.6 is 11.6 Å². The predicted molar refractivity (Wildman–Crippen MR) is 332 cm³/mol. The first-order valence-corrected chi connectivity index (χ1v) is 28.3. The number of carbonyl (C=O) groups is 3. The van der Waals surface area contributed by atoms with Crippen LogP contribution in [0.25, 0.3) is 101 Å². The fourth-order valence-corrected chi connectivity index (χ4v) is 9.34. The number of alkyl halides is 6. The van der Waals surface area contributed by atoms with Gasteiger partial charge in [-0.3, -0.25) is 14.4 Å². The third kappa shape index (κ3) is 14.7. The number of pyridine rings is 6. The van der Waals surface area contributed by atoms with Crippen LogP contribution in [0.2, 0.25) is 5.02 Å². The summed E-state index contributed by atoms with van der Waals surface area (Å²) in [5, 5.41) is 48.4. The van der Waals surface area contributed by atoms with E-state index in [2.05, 4.69) is 76.1 Å². The summed E-state index contributed by atoms with van der Waals surface area (Å²) in [4.78, 5) is 72.7. The maximum absolute atomic E-state index is 12.8. The average molecular weight is 1300 g/mol. The fraction of sp³-hybridized carbons (Fsp3) is 0.190. The van der Waals surface area contributed by atoms with E-state index in [0.717, 1.165) is 10.8 Å². The van der Waals surface area contributed by atoms with Crippen molar-refractivity contribution in [2.45, 2.75) is 77.8 Å². The van der Waals surface area contributed by atoms with E-state index in [1.807, 2.05) is 30.3 Å². The standard InChI is InChI=1S/C21H16ClF2N7O.2C21H17F2N7O/c1-21(2,10-25)30-19(32)15-5-3-4-14(28-15)11-6-13-16(22)17(29-18(13)26-7-11)12-8-27-31(9-12)20(23)24;2*1-21(2,11-24)29-19(31)16-5-3-4-15(27-16)13-6-12-7-17(28-18(12)25-8-13)14-9-26-30(10-14)20(22)23/h3-9,20H,1-2H3,(H,26,29)(H,30,32);2*3-10,20H,1-2H3,(H,25,28)(H,29,31). The van der Waals surface area contributed by atoms with Crippen molar-refractivity contribution in [3.8, 4) is 85.8 Å². The number of fused-ring (bicyclic) bond motifs is 3. The Bertz CT molecular complexity index is 4780. The smallest absolute Gasteiger partial charge is 0.333 e. The van der Waals surface area contributed by atoms with Crippen LogP contribution in [0.15, 0.2) is 141 Å². The lowest BCUT2D eigenvalue weighted by atomic mass is 10.1. The summed E-state index contributed by atoms with van der Waals surface area (Å²) in [5.74, 6) is -1.39. The minimum Gasteiger partial charge on any atom is -0.339 e. The molecule has 0 atom stereocenters. The van der Waals surface area contributed by atoms with Gasteiger partial charge in [0.1, 0.15) is 50.6 Å². The number of nitrogens with zero attached hydrogens (tertiary/aromatic N) is 15.